The van der Waals surface area contributed by atoms with E-state index in [9.17, 15) is 9.59 Å². The number of carbonyl (C=O) groups excluding carboxylic acids is 2. The van der Waals surface area contributed by atoms with Gasteiger partial charge in [-0.3, -0.25) is 9.59 Å². The van der Waals surface area contributed by atoms with Crippen molar-refractivity contribution >= 4 is 40.9 Å². The van der Waals surface area contributed by atoms with Gasteiger partial charge in [0.25, 0.3) is 5.91 Å². The van der Waals surface area contributed by atoms with Crippen LogP contribution in [-0.2, 0) is 4.79 Å². The second-order valence-electron chi connectivity index (χ2n) is 7.34. The van der Waals surface area contributed by atoms with Crippen LogP contribution >= 0.6 is 11.6 Å². The predicted octanol–water partition coefficient (Wildman–Crippen LogP) is 6.41. The first-order chi connectivity index (χ1) is 16.4. The highest BCUT2D eigenvalue weighted by atomic mass is 35.5. The summed E-state index contributed by atoms with van der Waals surface area (Å²) in [6.45, 7) is 1.93. The molecule has 2 aromatic carbocycles. The highest BCUT2D eigenvalue weighted by Crippen LogP contribution is 2.29. The average Bonchev–Trinajstić information content (AvgIpc) is 3.52. The number of furan rings is 2. The van der Waals surface area contributed by atoms with Crippen LogP contribution in [0.3, 0.4) is 0 Å². The normalized spacial score (nSPS) is 10.9. The highest BCUT2D eigenvalue weighted by Gasteiger charge is 2.12. The molecular formula is C26H21ClN2O5. The Labute approximate surface area is 201 Å². The van der Waals surface area contributed by atoms with Crippen molar-refractivity contribution in [3.8, 4) is 17.1 Å². The summed E-state index contributed by atoms with van der Waals surface area (Å²) >= 11 is 6.19. The fourth-order valence-corrected chi connectivity index (χ4v) is 3.34. The second-order valence-corrected chi connectivity index (χ2v) is 7.74. The average molecular weight is 477 g/mol. The molecule has 4 aromatic rings. The minimum Gasteiger partial charge on any atom is -0.495 e. The molecule has 0 aliphatic heterocycles. The Morgan fingerprint density at radius 3 is 2.62 bits per heavy atom. The summed E-state index contributed by atoms with van der Waals surface area (Å²) in [5, 5.41) is 6.11. The summed E-state index contributed by atoms with van der Waals surface area (Å²) in [5.41, 5.74) is 2.68. The molecule has 0 fully saturated rings. The molecule has 2 N–H and O–H groups in total. The van der Waals surface area contributed by atoms with Crippen LogP contribution < -0.4 is 15.4 Å². The lowest BCUT2D eigenvalue weighted by Gasteiger charge is -2.11. The minimum atomic E-state index is -0.407. The van der Waals surface area contributed by atoms with E-state index < -0.39 is 11.8 Å². The Kier molecular flexibility index (Phi) is 6.85. The number of nitrogens with one attached hydrogen (secondary N) is 2. The number of hydrogen-bond donors (Lipinski definition) is 2. The first kappa shape index (κ1) is 22.9. The molecule has 7 nitrogen and oxygen atoms in total. The zero-order chi connectivity index (χ0) is 24.1. The van der Waals surface area contributed by atoms with Gasteiger partial charge in [0.2, 0.25) is 5.91 Å². The maximum Gasteiger partial charge on any atom is 0.291 e. The maximum atomic E-state index is 12.5. The van der Waals surface area contributed by atoms with Gasteiger partial charge in [-0.2, -0.15) is 0 Å². The number of hydrogen-bond acceptors (Lipinski definition) is 5. The van der Waals surface area contributed by atoms with Crippen molar-refractivity contribution in [2.45, 2.75) is 6.92 Å². The van der Waals surface area contributed by atoms with E-state index in [0.717, 1.165) is 11.1 Å². The third-order valence-corrected chi connectivity index (χ3v) is 5.35. The smallest absolute Gasteiger partial charge is 0.291 e. The van der Waals surface area contributed by atoms with E-state index in [1.807, 2.05) is 31.2 Å². The Morgan fingerprint density at radius 2 is 1.88 bits per heavy atom. The molecule has 0 radical (unpaired) electrons. The van der Waals surface area contributed by atoms with Gasteiger partial charge < -0.3 is 24.2 Å². The number of halogens is 1. The first-order valence-electron chi connectivity index (χ1n) is 10.3. The largest absolute Gasteiger partial charge is 0.495 e. The summed E-state index contributed by atoms with van der Waals surface area (Å²) in [6.07, 6.45) is 4.32. The standard InChI is InChI=1S/C26H21ClN2O5/c1-16-5-6-17(14-20(16)27)22-11-8-19(34-22)9-12-25(30)29-21-15-18(7-10-23(21)32-2)28-26(31)24-4-3-13-33-24/h3-15H,1-2H3,(H,28,31)(H,29,30)/b12-9+. The van der Waals surface area contributed by atoms with Crippen molar-refractivity contribution in [2.75, 3.05) is 17.7 Å². The third kappa shape index (κ3) is 5.39. The summed E-state index contributed by atoms with van der Waals surface area (Å²) < 4.78 is 16.2. The number of anilines is 2. The Morgan fingerprint density at radius 1 is 1.03 bits per heavy atom. The lowest BCUT2D eigenvalue weighted by molar-refractivity contribution is -0.111. The number of carbonyl (C=O) groups is 2. The Hall–Kier alpha value is -4.23. The van der Waals surface area contributed by atoms with Crippen LogP contribution in [0.2, 0.25) is 5.02 Å². The molecule has 0 spiro atoms. The summed E-state index contributed by atoms with van der Waals surface area (Å²) in [5.74, 6) is 0.959. The van der Waals surface area contributed by atoms with E-state index >= 15 is 0 Å². The van der Waals surface area contributed by atoms with Crippen LogP contribution in [0, 0.1) is 6.92 Å². The van der Waals surface area contributed by atoms with Gasteiger partial charge in [0, 0.05) is 22.3 Å². The van der Waals surface area contributed by atoms with Gasteiger partial charge >= 0.3 is 0 Å². The zero-order valence-electron chi connectivity index (χ0n) is 18.4. The fourth-order valence-electron chi connectivity index (χ4n) is 3.16. The lowest BCUT2D eigenvalue weighted by Crippen LogP contribution is -2.12. The first-order valence-corrected chi connectivity index (χ1v) is 10.7. The van der Waals surface area contributed by atoms with E-state index in [-0.39, 0.29) is 5.76 Å². The van der Waals surface area contributed by atoms with Gasteiger partial charge in [0.05, 0.1) is 19.1 Å². The van der Waals surface area contributed by atoms with Crippen LogP contribution in [0.5, 0.6) is 5.75 Å². The van der Waals surface area contributed by atoms with Crippen molar-refractivity contribution in [1.29, 1.82) is 0 Å². The van der Waals surface area contributed by atoms with Crippen LogP contribution in [-0.4, -0.2) is 18.9 Å². The molecule has 4 rings (SSSR count). The predicted molar refractivity (Wildman–Crippen MR) is 131 cm³/mol. The maximum absolute atomic E-state index is 12.5. The minimum absolute atomic E-state index is 0.176. The summed E-state index contributed by atoms with van der Waals surface area (Å²) in [6, 6.07) is 17.3. The van der Waals surface area contributed by atoms with Crippen molar-refractivity contribution in [3.63, 3.8) is 0 Å². The molecule has 172 valence electrons. The van der Waals surface area contributed by atoms with Crippen molar-refractivity contribution < 1.29 is 23.2 Å². The topological polar surface area (TPSA) is 93.7 Å². The van der Waals surface area contributed by atoms with Crippen LogP contribution in [0.15, 0.2) is 81.8 Å². The van der Waals surface area contributed by atoms with Gasteiger partial charge in [0.15, 0.2) is 5.76 Å². The molecule has 2 aromatic heterocycles. The SMILES string of the molecule is COc1ccc(NC(=O)c2ccco2)cc1NC(=O)/C=C/c1ccc(-c2ccc(C)c(Cl)c2)o1. The molecule has 2 heterocycles. The van der Waals surface area contributed by atoms with Gasteiger partial charge in [-0.15, -0.1) is 0 Å². The van der Waals surface area contributed by atoms with Crippen LogP contribution in [0.25, 0.3) is 17.4 Å². The van der Waals surface area contributed by atoms with E-state index in [4.69, 9.17) is 25.2 Å². The van der Waals surface area contributed by atoms with Gasteiger partial charge in [-0.1, -0.05) is 23.7 Å². The molecule has 0 bridgehead atoms. The molecular weight excluding hydrogens is 456 g/mol. The quantitative estimate of drug-likeness (QED) is 0.300. The summed E-state index contributed by atoms with van der Waals surface area (Å²) in [7, 11) is 1.49. The molecule has 0 saturated carbocycles. The fraction of sp³-hybridized carbons (Fsp3) is 0.0769. The molecule has 0 atom stereocenters. The highest BCUT2D eigenvalue weighted by molar-refractivity contribution is 6.31. The number of methoxy groups -OCH3 is 1. The Bertz CT molecular complexity index is 1360. The van der Waals surface area contributed by atoms with Crippen LogP contribution in [0.4, 0.5) is 11.4 Å². The molecule has 0 unspecified atom stereocenters. The molecule has 0 aliphatic carbocycles. The second kappa shape index (κ2) is 10.1. The monoisotopic (exact) mass is 476 g/mol. The van der Waals surface area contributed by atoms with Gasteiger partial charge in [-0.25, -0.2) is 0 Å². The molecule has 0 saturated heterocycles. The van der Waals surface area contributed by atoms with Crippen molar-refractivity contribution in [3.05, 3.63) is 95.1 Å². The number of ether oxygens (including phenoxy) is 1. The number of benzene rings is 2. The number of amides is 2. The zero-order valence-corrected chi connectivity index (χ0v) is 19.2. The van der Waals surface area contributed by atoms with Crippen LogP contribution in [0.1, 0.15) is 21.9 Å². The molecule has 0 aliphatic rings. The van der Waals surface area contributed by atoms with E-state index in [1.165, 1.54) is 19.4 Å². The van der Waals surface area contributed by atoms with Gasteiger partial charge in [-0.05, 0) is 67.1 Å². The number of rotatable bonds is 7. The van der Waals surface area contributed by atoms with Crippen molar-refractivity contribution in [2.24, 2.45) is 0 Å². The lowest BCUT2D eigenvalue weighted by atomic mass is 10.1. The van der Waals surface area contributed by atoms with E-state index in [2.05, 4.69) is 10.6 Å². The van der Waals surface area contributed by atoms with Gasteiger partial charge in [0.1, 0.15) is 17.3 Å². The summed E-state index contributed by atoms with van der Waals surface area (Å²) in [4.78, 5) is 24.7. The molecule has 2 amide bonds. The molecule has 34 heavy (non-hydrogen) atoms. The molecule has 8 heteroatoms. The van der Waals surface area contributed by atoms with Crippen molar-refractivity contribution in [1.82, 2.24) is 0 Å². The number of aryl methyl sites for hydroxylation is 1. The Balaban J connectivity index is 1.44. The van der Waals surface area contributed by atoms with E-state index in [1.54, 1.807) is 42.5 Å². The van der Waals surface area contributed by atoms with E-state index in [0.29, 0.717) is 33.7 Å². The third-order valence-electron chi connectivity index (χ3n) is 4.94.